The van der Waals surface area contributed by atoms with Crippen molar-refractivity contribution in [2.45, 2.75) is 32.0 Å². The van der Waals surface area contributed by atoms with Crippen LogP contribution in [-0.2, 0) is 13.0 Å². The van der Waals surface area contributed by atoms with Gasteiger partial charge in [-0.3, -0.25) is 0 Å². The van der Waals surface area contributed by atoms with Gasteiger partial charge in [-0.2, -0.15) is 0 Å². The van der Waals surface area contributed by atoms with Gasteiger partial charge >= 0.3 is 6.03 Å². The van der Waals surface area contributed by atoms with Gasteiger partial charge in [0, 0.05) is 19.3 Å². The van der Waals surface area contributed by atoms with E-state index in [0.717, 1.165) is 11.3 Å². The number of nitrogens with zero attached hydrogens (tertiary/aromatic N) is 3. The molecule has 4 N–H and O–H groups in total. The summed E-state index contributed by atoms with van der Waals surface area (Å²) in [5.74, 6) is -0.174. The average molecular weight is 424 g/mol. The molecule has 0 unspecified atom stereocenters. The summed E-state index contributed by atoms with van der Waals surface area (Å²) in [7, 11) is 0. The van der Waals surface area contributed by atoms with Crippen LogP contribution in [0.4, 0.5) is 15.1 Å². The number of aliphatic hydroxyl groups is 2. The minimum atomic E-state index is -0.712. The van der Waals surface area contributed by atoms with E-state index in [1.807, 2.05) is 0 Å². The van der Waals surface area contributed by atoms with Gasteiger partial charge in [0.1, 0.15) is 5.82 Å². The SMILES string of the molecule is C[C@H](O)CNc1ncc2c(n1)CN(C(=O)N[C@H](CO)c1ccc(F)c(Cl)c1)CC2. The molecule has 156 valence electrons. The number of carbonyl (C=O) groups is 1. The number of hydrogen-bond donors (Lipinski definition) is 4. The Morgan fingerprint density at radius 2 is 2.24 bits per heavy atom. The molecule has 1 aromatic carbocycles. The Kier molecular flexibility index (Phi) is 6.83. The van der Waals surface area contributed by atoms with Crippen LogP contribution < -0.4 is 10.6 Å². The Labute approximate surface area is 172 Å². The van der Waals surface area contributed by atoms with Crippen molar-refractivity contribution in [3.8, 4) is 0 Å². The standard InChI is InChI=1S/C19H23ClFN5O3/c1-11(28)7-22-18-23-8-13-4-5-26(9-16(13)24-18)19(29)25-17(10-27)12-2-3-15(21)14(20)6-12/h2-3,6,8,11,17,27-28H,4-5,7,9-10H2,1H3,(H,25,29)(H,22,23,24)/t11-,17+/m0/s1. The molecule has 0 bridgehead atoms. The molecule has 2 aromatic rings. The number of nitrogens with one attached hydrogen (secondary N) is 2. The third-order valence-corrected chi connectivity index (χ3v) is 4.90. The molecule has 0 aliphatic carbocycles. The minimum absolute atomic E-state index is 0.0731. The van der Waals surface area contributed by atoms with Gasteiger partial charge < -0.3 is 25.7 Å². The van der Waals surface area contributed by atoms with E-state index < -0.39 is 18.0 Å². The maximum absolute atomic E-state index is 13.4. The van der Waals surface area contributed by atoms with Crippen LogP contribution in [0.5, 0.6) is 0 Å². The van der Waals surface area contributed by atoms with Gasteiger partial charge in [0.25, 0.3) is 0 Å². The Morgan fingerprint density at radius 3 is 2.93 bits per heavy atom. The fourth-order valence-electron chi connectivity index (χ4n) is 3.00. The molecule has 0 saturated heterocycles. The highest BCUT2D eigenvalue weighted by Gasteiger charge is 2.25. The van der Waals surface area contributed by atoms with E-state index >= 15 is 0 Å². The molecule has 0 radical (unpaired) electrons. The smallest absolute Gasteiger partial charge is 0.318 e. The second-order valence-electron chi connectivity index (χ2n) is 6.93. The van der Waals surface area contributed by atoms with Gasteiger partial charge in [-0.25, -0.2) is 19.2 Å². The number of rotatable bonds is 6. The number of carbonyl (C=O) groups excluding carboxylic acids is 1. The lowest BCUT2D eigenvalue weighted by Gasteiger charge is -2.30. The zero-order valence-electron chi connectivity index (χ0n) is 15.9. The van der Waals surface area contributed by atoms with Gasteiger partial charge in [0.15, 0.2) is 0 Å². The van der Waals surface area contributed by atoms with Crippen LogP contribution >= 0.6 is 11.6 Å². The number of fused-ring (bicyclic) bond motifs is 1. The van der Waals surface area contributed by atoms with Crippen LogP contribution in [0.25, 0.3) is 0 Å². The highest BCUT2D eigenvalue weighted by molar-refractivity contribution is 6.30. The summed E-state index contributed by atoms with van der Waals surface area (Å²) in [6, 6.07) is 2.98. The molecule has 1 aromatic heterocycles. The first-order chi connectivity index (χ1) is 13.9. The van der Waals surface area contributed by atoms with Crippen LogP contribution in [0.2, 0.25) is 5.02 Å². The molecule has 10 heteroatoms. The molecule has 2 heterocycles. The monoisotopic (exact) mass is 423 g/mol. The summed E-state index contributed by atoms with van der Waals surface area (Å²) in [6.45, 7) is 2.39. The van der Waals surface area contributed by atoms with E-state index in [1.165, 1.54) is 18.2 Å². The first-order valence-electron chi connectivity index (χ1n) is 9.25. The number of urea groups is 1. The summed E-state index contributed by atoms with van der Waals surface area (Å²) in [5.41, 5.74) is 2.19. The Morgan fingerprint density at radius 1 is 1.45 bits per heavy atom. The molecule has 8 nitrogen and oxygen atoms in total. The largest absolute Gasteiger partial charge is 0.394 e. The zero-order chi connectivity index (χ0) is 21.0. The van der Waals surface area contributed by atoms with Crippen molar-refractivity contribution in [1.29, 1.82) is 0 Å². The maximum Gasteiger partial charge on any atom is 0.318 e. The van der Waals surface area contributed by atoms with E-state index in [4.69, 9.17) is 11.6 Å². The molecule has 29 heavy (non-hydrogen) atoms. The zero-order valence-corrected chi connectivity index (χ0v) is 16.7. The molecule has 0 fully saturated rings. The third-order valence-electron chi connectivity index (χ3n) is 4.61. The normalized spacial score (nSPS) is 15.4. The molecule has 3 rings (SSSR count). The molecule has 1 aliphatic heterocycles. The highest BCUT2D eigenvalue weighted by atomic mass is 35.5. The first kappa shape index (κ1) is 21.2. The van der Waals surface area contributed by atoms with E-state index in [0.29, 0.717) is 31.0 Å². The fraction of sp³-hybridized carbons (Fsp3) is 0.421. The predicted molar refractivity (Wildman–Crippen MR) is 106 cm³/mol. The number of benzene rings is 1. The molecule has 0 spiro atoms. The molecule has 2 amide bonds. The topological polar surface area (TPSA) is 111 Å². The van der Waals surface area contributed by atoms with Crippen LogP contribution in [0.3, 0.4) is 0 Å². The van der Waals surface area contributed by atoms with Crippen molar-refractivity contribution >= 4 is 23.6 Å². The van der Waals surface area contributed by atoms with Crippen molar-refractivity contribution in [3.05, 3.63) is 52.1 Å². The Hall–Kier alpha value is -2.49. The average Bonchev–Trinajstić information content (AvgIpc) is 2.71. The first-order valence-corrected chi connectivity index (χ1v) is 9.63. The lowest BCUT2D eigenvalue weighted by molar-refractivity contribution is 0.176. The molecule has 1 aliphatic rings. The Balaban J connectivity index is 1.67. The number of anilines is 1. The number of halogens is 2. The van der Waals surface area contributed by atoms with Crippen molar-refractivity contribution < 1.29 is 19.4 Å². The maximum atomic E-state index is 13.4. The van der Waals surface area contributed by atoms with Gasteiger partial charge in [0.2, 0.25) is 5.95 Å². The van der Waals surface area contributed by atoms with E-state index in [9.17, 15) is 19.4 Å². The molecule has 0 saturated carbocycles. The van der Waals surface area contributed by atoms with E-state index in [1.54, 1.807) is 18.0 Å². The van der Waals surface area contributed by atoms with Crippen LogP contribution in [0, 0.1) is 5.82 Å². The van der Waals surface area contributed by atoms with Gasteiger partial charge in [-0.15, -0.1) is 0 Å². The van der Waals surface area contributed by atoms with Crippen molar-refractivity contribution in [1.82, 2.24) is 20.2 Å². The Bertz CT molecular complexity index is 883. The second kappa shape index (κ2) is 9.34. The van der Waals surface area contributed by atoms with Gasteiger partial charge in [-0.1, -0.05) is 17.7 Å². The molecule has 2 atom stereocenters. The van der Waals surface area contributed by atoms with Crippen LogP contribution in [-0.4, -0.2) is 56.9 Å². The van der Waals surface area contributed by atoms with Crippen molar-refractivity contribution in [3.63, 3.8) is 0 Å². The van der Waals surface area contributed by atoms with Gasteiger partial charge in [0.05, 0.1) is 36.0 Å². The lowest BCUT2D eigenvalue weighted by atomic mass is 10.1. The summed E-state index contributed by atoms with van der Waals surface area (Å²) in [6.07, 6.45) is 1.79. The molecular formula is C19H23ClFN5O3. The summed E-state index contributed by atoms with van der Waals surface area (Å²) in [4.78, 5) is 22.9. The summed E-state index contributed by atoms with van der Waals surface area (Å²) < 4.78 is 13.4. The van der Waals surface area contributed by atoms with E-state index in [-0.39, 0.29) is 24.2 Å². The molecular weight excluding hydrogens is 401 g/mol. The number of hydrogen-bond acceptors (Lipinski definition) is 6. The van der Waals surface area contributed by atoms with E-state index in [2.05, 4.69) is 20.6 Å². The van der Waals surface area contributed by atoms with Crippen molar-refractivity contribution in [2.24, 2.45) is 0 Å². The predicted octanol–water partition coefficient (Wildman–Crippen LogP) is 1.86. The summed E-state index contributed by atoms with van der Waals surface area (Å²) in [5, 5.41) is 24.7. The number of amides is 2. The minimum Gasteiger partial charge on any atom is -0.394 e. The number of aliphatic hydroxyl groups excluding tert-OH is 2. The van der Waals surface area contributed by atoms with Crippen LogP contribution in [0.1, 0.15) is 29.8 Å². The second-order valence-corrected chi connectivity index (χ2v) is 7.33. The third kappa shape index (κ3) is 5.31. The van der Waals surface area contributed by atoms with Crippen LogP contribution in [0.15, 0.2) is 24.4 Å². The number of aromatic nitrogens is 2. The quantitative estimate of drug-likeness (QED) is 0.564. The van der Waals surface area contributed by atoms with Gasteiger partial charge in [-0.05, 0) is 36.6 Å². The highest BCUT2D eigenvalue weighted by Crippen LogP contribution is 2.22. The lowest BCUT2D eigenvalue weighted by Crippen LogP contribution is -2.45. The van der Waals surface area contributed by atoms with Crippen molar-refractivity contribution in [2.75, 3.05) is 25.0 Å². The summed E-state index contributed by atoms with van der Waals surface area (Å²) >= 11 is 5.80. The fourth-order valence-corrected chi connectivity index (χ4v) is 3.19.